The van der Waals surface area contributed by atoms with Crippen LogP contribution in [0, 0.1) is 0 Å². The molecule has 0 aliphatic carbocycles. The molecule has 0 aromatic rings. The van der Waals surface area contributed by atoms with Gasteiger partial charge in [-0.3, -0.25) is 0 Å². The fourth-order valence-electron chi connectivity index (χ4n) is 0.987. The average molecular weight is 128 g/mol. The second-order valence-corrected chi connectivity index (χ2v) is 2.01. The zero-order valence-electron chi connectivity index (χ0n) is 4.87. The van der Waals surface area contributed by atoms with Crippen molar-refractivity contribution in [3.05, 3.63) is 12.5 Å². The standard InChI is InChI=1S/C4H7BNO3/c1-2-7-5(6-1)8-3-4-9-5/h3-4,6H,1-2H2/q-1. The van der Waals surface area contributed by atoms with Gasteiger partial charge in [0.2, 0.25) is 0 Å². The second-order valence-electron chi connectivity index (χ2n) is 2.01. The van der Waals surface area contributed by atoms with Crippen molar-refractivity contribution in [1.82, 2.24) is 5.23 Å². The van der Waals surface area contributed by atoms with Gasteiger partial charge < -0.3 is 19.2 Å². The minimum Gasteiger partial charge on any atom is -0.649 e. The van der Waals surface area contributed by atoms with Gasteiger partial charge in [0.1, 0.15) is 0 Å². The van der Waals surface area contributed by atoms with E-state index >= 15 is 0 Å². The summed E-state index contributed by atoms with van der Waals surface area (Å²) in [4.78, 5) is 0. The fraction of sp³-hybridized carbons (Fsp3) is 0.500. The number of nitrogens with one attached hydrogen (secondary N) is 1. The molecule has 1 spiro atoms. The molecule has 2 rings (SSSR count). The van der Waals surface area contributed by atoms with Crippen molar-refractivity contribution in [2.45, 2.75) is 0 Å². The van der Waals surface area contributed by atoms with Gasteiger partial charge in [-0.2, -0.15) is 0 Å². The molecular formula is C4H7BNO3-. The molecular weight excluding hydrogens is 121 g/mol. The first-order chi connectivity index (χ1) is 4.41. The first kappa shape index (κ1) is 5.14. The molecule has 2 heterocycles. The summed E-state index contributed by atoms with van der Waals surface area (Å²) in [7, 11) is 0. The Morgan fingerprint density at radius 2 is 2.11 bits per heavy atom. The van der Waals surface area contributed by atoms with E-state index < -0.39 is 6.89 Å². The van der Waals surface area contributed by atoms with Crippen molar-refractivity contribution >= 4 is 6.89 Å². The Balaban J connectivity index is 2.07. The molecule has 0 bridgehead atoms. The van der Waals surface area contributed by atoms with Crippen LogP contribution in [0.4, 0.5) is 0 Å². The van der Waals surface area contributed by atoms with Gasteiger partial charge in [-0.15, -0.1) is 0 Å². The third-order valence-corrected chi connectivity index (χ3v) is 1.40. The molecule has 50 valence electrons. The highest BCUT2D eigenvalue weighted by Crippen LogP contribution is 2.15. The zero-order chi connectivity index (χ0) is 6.16. The van der Waals surface area contributed by atoms with E-state index in [1.807, 2.05) is 0 Å². The van der Waals surface area contributed by atoms with E-state index in [0.29, 0.717) is 6.61 Å². The molecule has 9 heavy (non-hydrogen) atoms. The molecule has 2 aliphatic heterocycles. The van der Waals surface area contributed by atoms with Gasteiger partial charge in [0.15, 0.2) is 0 Å². The van der Waals surface area contributed by atoms with Crippen molar-refractivity contribution in [2.24, 2.45) is 0 Å². The molecule has 0 atom stereocenters. The maximum atomic E-state index is 5.15. The predicted octanol–water partition coefficient (Wildman–Crippen LogP) is -0.440. The van der Waals surface area contributed by atoms with Gasteiger partial charge >= 0.3 is 6.89 Å². The number of hydrogen-bond acceptors (Lipinski definition) is 4. The summed E-state index contributed by atoms with van der Waals surface area (Å²) < 4.78 is 15.2. The van der Waals surface area contributed by atoms with Gasteiger partial charge in [0.05, 0.1) is 12.5 Å². The predicted molar refractivity (Wildman–Crippen MR) is 31.0 cm³/mol. The van der Waals surface area contributed by atoms with Crippen molar-refractivity contribution in [2.75, 3.05) is 13.2 Å². The maximum absolute atomic E-state index is 5.15. The van der Waals surface area contributed by atoms with Crippen LogP contribution in [0.25, 0.3) is 0 Å². The Hall–Kier alpha value is -0.675. The quantitative estimate of drug-likeness (QED) is 0.449. The summed E-state index contributed by atoms with van der Waals surface area (Å²) in [5.41, 5.74) is 0. The highest BCUT2D eigenvalue weighted by atomic mass is 16.8. The molecule has 4 nitrogen and oxygen atoms in total. The average Bonchev–Trinajstić information content (AvgIpc) is 2.45. The molecule has 0 unspecified atom stereocenters. The van der Waals surface area contributed by atoms with Gasteiger partial charge in [0.25, 0.3) is 0 Å². The first-order valence-electron chi connectivity index (χ1n) is 2.94. The summed E-state index contributed by atoms with van der Waals surface area (Å²) in [6.45, 7) is -0.136. The lowest BCUT2D eigenvalue weighted by Gasteiger charge is -2.27. The molecule has 1 N–H and O–H groups in total. The van der Waals surface area contributed by atoms with Gasteiger partial charge in [-0.05, 0) is 6.54 Å². The van der Waals surface area contributed by atoms with Crippen molar-refractivity contribution in [1.29, 1.82) is 0 Å². The summed E-state index contributed by atoms with van der Waals surface area (Å²) in [5.74, 6) is 0. The van der Waals surface area contributed by atoms with Crippen LogP contribution in [0.2, 0.25) is 0 Å². The summed E-state index contributed by atoms with van der Waals surface area (Å²) >= 11 is 0. The lowest BCUT2D eigenvalue weighted by Crippen LogP contribution is -2.49. The Kier molecular flexibility index (Phi) is 0.942. The molecule has 1 saturated heterocycles. The van der Waals surface area contributed by atoms with E-state index in [9.17, 15) is 0 Å². The molecule has 1 fully saturated rings. The van der Waals surface area contributed by atoms with E-state index in [1.54, 1.807) is 0 Å². The molecule has 0 radical (unpaired) electrons. The molecule has 5 heteroatoms. The third-order valence-electron chi connectivity index (χ3n) is 1.40. The minimum atomic E-state index is -1.58. The highest BCUT2D eigenvalue weighted by molar-refractivity contribution is 6.59. The van der Waals surface area contributed by atoms with Crippen LogP contribution in [0.15, 0.2) is 12.5 Å². The van der Waals surface area contributed by atoms with Crippen molar-refractivity contribution in [3.8, 4) is 0 Å². The van der Waals surface area contributed by atoms with Gasteiger partial charge in [0, 0.05) is 6.61 Å². The SMILES string of the molecule is C1=CO[B-]2(NCCO2)O1. The van der Waals surface area contributed by atoms with Crippen molar-refractivity contribution < 1.29 is 14.0 Å². The Bertz CT molecular complexity index is 133. The van der Waals surface area contributed by atoms with Gasteiger partial charge in [-0.1, -0.05) is 0 Å². The number of rotatable bonds is 0. The fourth-order valence-corrected chi connectivity index (χ4v) is 0.987. The number of hydrogen-bond donors (Lipinski definition) is 1. The van der Waals surface area contributed by atoms with E-state index in [0.717, 1.165) is 6.54 Å². The maximum Gasteiger partial charge on any atom is 0.578 e. The first-order valence-corrected chi connectivity index (χ1v) is 2.94. The summed E-state index contributed by atoms with van der Waals surface area (Å²) in [6, 6.07) is 0. The largest absolute Gasteiger partial charge is 0.649 e. The van der Waals surface area contributed by atoms with Crippen LogP contribution in [0.1, 0.15) is 0 Å². The van der Waals surface area contributed by atoms with E-state index in [-0.39, 0.29) is 0 Å². The van der Waals surface area contributed by atoms with Crippen LogP contribution < -0.4 is 5.23 Å². The monoisotopic (exact) mass is 128 g/mol. The summed E-state index contributed by atoms with van der Waals surface area (Å²) in [5, 5.41) is 2.97. The lowest BCUT2D eigenvalue weighted by atomic mass is 10.0. The van der Waals surface area contributed by atoms with Crippen LogP contribution in [-0.4, -0.2) is 20.0 Å². The highest BCUT2D eigenvalue weighted by Gasteiger charge is 2.38. The zero-order valence-corrected chi connectivity index (χ0v) is 4.87. The van der Waals surface area contributed by atoms with Crippen LogP contribution >= 0.6 is 0 Å². The topological polar surface area (TPSA) is 39.7 Å². The molecule has 0 amide bonds. The van der Waals surface area contributed by atoms with E-state index in [1.165, 1.54) is 12.5 Å². The van der Waals surface area contributed by atoms with E-state index in [2.05, 4.69) is 5.23 Å². The molecule has 0 saturated carbocycles. The van der Waals surface area contributed by atoms with Crippen LogP contribution in [-0.2, 0) is 14.0 Å². The molecule has 0 aromatic heterocycles. The van der Waals surface area contributed by atoms with Crippen molar-refractivity contribution in [3.63, 3.8) is 0 Å². The Labute approximate surface area is 52.8 Å². The normalized spacial score (nSPS) is 28.4. The Morgan fingerprint density at radius 3 is 2.67 bits per heavy atom. The molecule has 0 aromatic carbocycles. The van der Waals surface area contributed by atoms with Gasteiger partial charge in [-0.25, -0.2) is 0 Å². The second kappa shape index (κ2) is 1.65. The van der Waals surface area contributed by atoms with Crippen LogP contribution in [0.3, 0.4) is 0 Å². The summed E-state index contributed by atoms with van der Waals surface area (Å²) in [6.07, 6.45) is 2.97. The van der Waals surface area contributed by atoms with E-state index in [4.69, 9.17) is 14.0 Å². The third kappa shape index (κ3) is 0.692. The smallest absolute Gasteiger partial charge is 0.578 e. The minimum absolute atomic E-state index is 0.654. The molecule has 2 aliphatic rings. The lowest BCUT2D eigenvalue weighted by molar-refractivity contribution is 0.186. The van der Waals surface area contributed by atoms with Crippen LogP contribution in [0.5, 0.6) is 0 Å². The Morgan fingerprint density at radius 1 is 1.33 bits per heavy atom.